The van der Waals surface area contributed by atoms with Gasteiger partial charge in [-0.05, 0) is 60.7 Å². The fourth-order valence-corrected chi connectivity index (χ4v) is 3.14. The number of carboxylic acid groups (broad SMARTS) is 1. The van der Waals surface area contributed by atoms with Gasteiger partial charge in [-0.3, -0.25) is 4.79 Å². The first-order valence-corrected chi connectivity index (χ1v) is 8.98. The molecule has 1 heterocycles. The lowest BCUT2D eigenvalue weighted by molar-refractivity contribution is 0.0688. The van der Waals surface area contributed by atoms with Crippen molar-refractivity contribution in [2.24, 2.45) is 5.92 Å². The van der Waals surface area contributed by atoms with Gasteiger partial charge >= 0.3 is 5.97 Å². The zero-order chi connectivity index (χ0) is 18.5. The lowest BCUT2D eigenvalue weighted by Gasteiger charge is -2.30. The minimum absolute atomic E-state index is 0.0950. The average Bonchev–Trinajstić information content (AvgIpc) is 2.67. The Balaban J connectivity index is 1.58. The smallest absolute Gasteiger partial charge is 0.335 e. The molecule has 2 N–H and O–H groups in total. The predicted octanol–water partition coefficient (Wildman–Crippen LogP) is 3.87. The second-order valence-corrected chi connectivity index (χ2v) is 6.91. The van der Waals surface area contributed by atoms with Gasteiger partial charge in [-0.2, -0.15) is 0 Å². The van der Waals surface area contributed by atoms with Crippen molar-refractivity contribution in [1.82, 2.24) is 4.90 Å². The third-order valence-electron chi connectivity index (χ3n) is 4.87. The minimum Gasteiger partial charge on any atom is -0.478 e. The van der Waals surface area contributed by atoms with E-state index in [0.717, 1.165) is 37.2 Å². The topological polar surface area (TPSA) is 69.6 Å². The van der Waals surface area contributed by atoms with E-state index in [1.165, 1.54) is 0 Å². The van der Waals surface area contributed by atoms with Crippen LogP contribution in [-0.2, 0) is 6.54 Å². The first-order chi connectivity index (χ1) is 12.5. The second kappa shape index (κ2) is 8.04. The molecule has 0 aliphatic carbocycles. The van der Waals surface area contributed by atoms with E-state index in [1.54, 1.807) is 18.2 Å². The first kappa shape index (κ1) is 18.0. The summed E-state index contributed by atoms with van der Waals surface area (Å²) in [6, 6.07) is 14.3. The number of nitrogens with zero attached hydrogens (tertiary/aromatic N) is 1. The van der Waals surface area contributed by atoms with E-state index >= 15 is 0 Å². The third-order valence-corrected chi connectivity index (χ3v) is 4.87. The summed E-state index contributed by atoms with van der Waals surface area (Å²) >= 11 is 0. The summed E-state index contributed by atoms with van der Waals surface area (Å²) < 4.78 is 0. The largest absolute Gasteiger partial charge is 0.478 e. The summed E-state index contributed by atoms with van der Waals surface area (Å²) in [5.74, 6) is -0.135. The molecule has 0 aromatic heterocycles. The molecule has 26 heavy (non-hydrogen) atoms. The monoisotopic (exact) mass is 352 g/mol. The van der Waals surface area contributed by atoms with Gasteiger partial charge in [-0.25, -0.2) is 4.79 Å². The minimum atomic E-state index is -0.929. The van der Waals surface area contributed by atoms with Gasteiger partial charge in [0.1, 0.15) is 0 Å². The van der Waals surface area contributed by atoms with Gasteiger partial charge in [0.15, 0.2) is 0 Å². The number of nitrogens with one attached hydrogen (secondary N) is 1. The molecule has 1 amide bonds. The average molecular weight is 352 g/mol. The number of carboxylic acids is 1. The molecule has 0 radical (unpaired) electrons. The van der Waals surface area contributed by atoms with Crippen LogP contribution in [0.2, 0.25) is 0 Å². The van der Waals surface area contributed by atoms with Gasteiger partial charge in [-0.15, -0.1) is 0 Å². The van der Waals surface area contributed by atoms with Crippen molar-refractivity contribution in [3.05, 3.63) is 65.2 Å². The normalized spacial score (nSPS) is 14.9. The number of carbonyl (C=O) groups excluding carboxylic acids is 1. The first-order valence-electron chi connectivity index (χ1n) is 8.98. The Hall–Kier alpha value is -2.82. The summed E-state index contributed by atoms with van der Waals surface area (Å²) in [6.07, 6.45) is 2.14. The van der Waals surface area contributed by atoms with Crippen LogP contribution in [0.5, 0.6) is 0 Å². The predicted molar refractivity (Wildman–Crippen MR) is 101 cm³/mol. The maximum Gasteiger partial charge on any atom is 0.335 e. The number of hydrogen-bond acceptors (Lipinski definition) is 3. The SMILES string of the molecule is CC1CCN(C(=O)c2ccc(NCc3cccc(C(=O)O)c3)cc2)CC1. The molecule has 1 saturated heterocycles. The molecule has 0 spiro atoms. The molecular formula is C21H24N2O3. The lowest BCUT2D eigenvalue weighted by atomic mass is 9.98. The Labute approximate surface area is 153 Å². The Morgan fingerprint density at radius 2 is 1.77 bits per heavy atom. The van der Waals surface area contributed by atoms with Crippen molar-refractivity contribution in [2.45, 2.75) is 26.3 Å². The lowest BCUT2D eigenvalue weighted by Crippen LogP contribution is -2.37. The number of hydrogen-bond donors (Lipinski definition) is 2. The zero-order valence-electron chi connectivity index (χ0n) is 14.9. The fourth-order valence-electron chi connectivity index (χ4n) is 3.14. The van der Waals surface area contributed by atoms with Crippen molar-refractivity contribution < 1.29 is 14.7 Å². The van der Waals surface area contributed by atoms with Crippen LogP contribution in [0.15, 0.2) is 48.5 Å². The van der Waals surface area contributed by atoms with Gasteiger partial charge in [0, 0.05) is 30.9 Å². The molecule has 2 aromatic rings. The molecule has 1 aliphatic rings. The molecule has 5 nitrogen and oxygen atoms in total. The van der Waals surface area contributed by atoms with Crippen LogP contribution in [-0.4, -0.2) is 35.0 Å². The Morgan fingerprint density at radius 1 is 1.08 bits per heavy atom. The summed E-state index contributed by atoms with van der Waals surface area (Å²) in [4.78, 5) is 25.5. The Bertz CT molecular complexity index is 778. The van der Waals surface area contributed by atoms with Crippen LogP contribution in [0.1, 0.15) is 46.0 Å². The third kappa shape index (κ3) is 4.42. The number of benzene rings is 2. The molecule has 136 valence electrons. The number of piperidine rings is 1. The number of amides is 1. The molecule has 2 aromatic carbocycles. The van der Waals surface area contributed by atoms with Crippen LogP contribution in [0.3, 0.4) is 0 Å². The second-order valence-electron chi connectivity index (χ2n) is 6.91. The fraction of sp³-hybridized carbons (Fsp3) is 0.333. The van der Waals surface area contributed by atoms with E-state index < -0.39 is 5.97 Å². The zero-order valence-corrected chi connectivity index (χ0v) is 14.9. The molecule has 0 bridgehead atoms. The highest BCUT2D eigenvalue weighted by Crippen LogP contribution is 2.19. The number of anilines is 1. The van der Waals surface area contributed by atoms with E-state index in [1.807, 2.05) is 35.2 Å². The number of aromatic carboxylic acids is 1. The van der Waals surface area contributed by atoms with E-state index in [4.69, 9.17) is 5.11 Å². The van der Waals surface area contributed by atoms with E-state index in [2.05, 4.69) is 12.2 Å². The van der Waals surface area contributed by atoms with Crippen molar-refractivity contribution in [1.29, 1.82) is 0 Å². The molecule has 1 fully saturated rings. The number of rotatable bonds is 5. The van der Waals surface area contributed by atoms with Crippen LogP contribution in [0.4, 0.5) is 5.69 Å². The van der Waals surface area contributed by atoms with E-state index in [9.17, 15) is 9.59 Å². The molecule has 5 heteroatoms. The van der Waals surface area contributed by atoms with Gasteiger partial charge < -0.3 is 15.3 Å². The molecule has 0 atom stereocenters. The summed E-state index contributed by atoms with van der Waals surface area (Å²) in [7, 11) is 0. The highest BCUT2D eigenvalue weighted by molar-refractivity contribution is 5.94. The maximum absolute atomic E-state index is 12.5. The summed E-state index contributed by atoms with van der Waals surface area (Å²) in [5, 5.41) is 12.3. The quantitative estimate of drug-likeness (QED) is 0.857. The molecule has 0 unspecified atom stereocenters. The molecular weight excluding hydrogens is 328 g/mol. The van der Waals surface area contributed by atoms with Gasteiger partial charge in [-0.1, -0.05) is 19.1 Å². The molecule has 1 aliphatic heterocycles. The molecule has 0 saturated carbocycles. The van der Waals surface area contributed by atoms with Crippen molar-refractivity contribution in [3.8, 4) is 0 Å². The van der Waals surface area contributed by atoms with Gasteiger partial charge in [0.25, 0.3) is 5.91 Å². The van der Waals surface area contributed by atoms with Crippen LogP contribution >= 0.6 is 0 Å². The number of carbonyl (C=O) groups is 2. The Morgan fingerprint density at radius 3 is 2.42 bits per heavy atom. The van der Waals surface area contributed by atoms with Gasteiger partial charge in [0.2, 0.25) is 0 Å². The summed E-state index contributed by atoms with van der Waals surface area (Å²) in [5.41, 5.74) is 2.78. The Kier molecular flexibility index (Phi) is 5.56. The van der Waals surface area contributed by atoms with Crippen molar-refractivity contribution >= 4 is 17.6 Å². The van der Waals surface area contributed by atoms with Crippen LogP contribution in [0.25, 0.3) is 0 Å². The van der Waals surface area contributed by atoms with Crippen molar-refractivity contribution in [3.63, 3.8) is 0 Å². The van der Waals surface area contributed by atoms with Crippen LogP contribution < -0.4 is 5.32 Å². The highest BCUT2D eigenvalue weighted by atomic mass is 16.4. The van der Waals surface area contributed by atoms with Crippen molar-refractivity contribution in [2.75, 3.05) is 18.4 Å². The number of likely N-dealkylation sites (tertiary alicyclic amines) is 1. The highest BCUT2D eigenvalue weighted by Gasteiger charge is 2.21. The standard InChI is InChI=1S/C21H24N2O3/c1-15-9-11-23(12-10-15)20(24)17-5-7-19(8-6-17)22-14-16-3-2-4-18(13-16)21(25)26/h2-8,13,15,22H,9-12,14H2,1H3,(H,25,26). The van der Waals surface area contributed by atoms with E-state index in [0.29, 0.717) is 18.0 Å². The van der Waals surface area contributed by atoms with E-state index in [-0.39, 0.29) is 11.5 Å². The van der Waals surface area contributed by atoms with Gasteiger partial charge in [0.05, 0.1) is 5.56 Å². The molecule has 3 rings (SSSR count). The summed E-state index contributed by atoms with van der Waals surface area (Å²) in [6.45, 7) is 4.42. The maximum atomic E-state index is 12.5. The van der Waals surface area contributed by atoms with Crippen LogP contribution in [0, 0.1) is 5.92 Å².